The van der Waals surface area contributed by atoms with Gasteiger partial charge in [0.15, 0.2) is 5.82 Å². The number of hydrogen-bond donors (Lipinski definition) is 1. The molecule has 0 saturated carbocycles. The number of aryl methyl sites for hydroxylation is 1. The predicted octanol–water partition coefficient (Wildman–Crippen LogP) is 3.02. The van der Waals surface area contributed by atoms with Crippen LogP contribution in [0.15, 0.2) is 45.9 Å². The van der Waals surface area contributed by atoms with Crippen LogP contribution in [0.2, 0.25) is 0 Å². The fourth-order valence-electron chi connectivity index (χ4n) is 1.86. The number of benzene rings is 1. The Morgan fingerprint density at radius 2 is 1.95 bits per heavy atom. The second kappa shape index (κ2) is 6.03. The molecule has 0 aliphatic rings. The Bertz CT molecular complexity index is 761. The van der Waals surface area contributed by atoms with E-state index in [0.717, 1.165) is 5.56 Å². The highest BCUT2D eigenvalue weighted by Crippen LogP contribution is 2.28. The van der Waals surface area contributed by atoms with E-state index in [1.807, 2.05) is 21.0 Å². The van der Waals surface area contributed by atoms with Gasteiger partial charge in [-0.3, -0.25) is 4.72 Å². The Morgan fingerprint density at radius 3 is 2.57 bits per heavy atom. The van der Waals surface area contributed by atoms with E-state index < -0.39 is 10.0 Å². The lowest BCUT2D eigenvalue weighted by atomic mass is 10.2. The second-order valence-electron chi connectivity index (χ2n) is 4.81. The zero-order valence-electron chi connectivity index (χ0n) is 12.0. The van der Waals surface area contributed by atoms with Gasteiger partial charge in [0, 0.05) is 24.8 Å². The molecule has 0 atom stereocenters. The Balaban J connectivity index is 2.43. The van der Waals surface area contributed by atoms with Crippen LogP contribution in [0.25, 0.3) is 0 Å². The molecule has 112 valence electrons. The number of anilines is 2. The Kier molecular flexibility index (Phi) is 4.53. The van der Waals surface area contributed by atoms with Crippen molar-refractivity contribution >= 4 is 37.5 Å². The van der Waals surface area contributed by atoms with Crippen molar-refractivity contribution in [2.45, 2.75) is 11.8 Å². The van der Waals surface area contributed by atoms with Gasteiger partial charge in [0.1, 0.15) is 4.90 Å². The number of aromatic nitrogens is 1. The molecule has 1 N–H and O–H groups in total. The summed E-state index contributed by atoms with van der Waals surface area (Å²) in [6.07, 6.45) is 1.62. The van der Waals surface area contributed by atoms with Crippen molar-refractivity contribution < 1.29 is 8.42 Å². The van der Waals surface area contributed by atoms with Gasteiger partial charge in [-0.2, -0.15) is 0 Å². The molecule has 2 rings (SSSR count). The van der Waals surface area contributed by atoms with Gasteiger partial charge in [-0.05, 0) is 52.7 Å². The van der Waals surface area contributed by atoms with E-state index in [-0.39, 0.29) is 4.90 Å². The smallest absolute Gasteiger partial charge is 0.263 e. The minimum atomic E-state index is -3.68. The normalized spacial score (nSPS) is 11.2. The number of nitrogens with zero attached hydrogens (tertiary/aromatic N) is 2. The van der Waals surface area contributed by atoms with Crippen molar-refractivity contribution in [1.29, 1.82) is 0 Å². The fraction of sp³-hybridized carbons (Fsp3) is 0.214. The van der Waals surface area contributed by atoms with E-state index in [1.165, 1.54) is 0 Å². The van der Waals surface area contributed by atoms with Crippen molar-refractivity contribution in [2.24, 2.45) is 0 Å². The number of hydrogen-bond acceptors (Lipinski definition) is 4. The average molecular weight is 370 g/mol. The van der Waals surface area contributed by atoms with Crippen LogP contribution in [0, 0.1) is 6.92 Å². The van der Waals surface area contributed by atoms with E-state index in [1.54, 1.807) is 41.4 Å². The standard InChI is InChI=1S/C14H16BrN3O2S/c1-10-6-7-13(11(15)9-10)21(19,20)17-12-5-4-8-16-14(12)18(2)3/h4-9,17H,1-3H3. The topological polar surface area (TPSA) is 62.3 Å². The molecular weight excluding hydrogens is 354 g/mol. The molecule has 0 fully saturated rings. The van der Waals surface area contributed by atoms with Crippen molar-refractivity contribution in [1.82, 2.24) is 4.98 Å². The molecule has 0 aliphatic heterocycles. The molecule has 1 heterocycles. The van der Waals surface area contributed by atoms with Crippen LogP contribution in [0.5, 0.6) is 0 Å². The van der Waals surface area contributed by atoms with Gasteiger partial charge in [-0.1, -0.05) is 6.07 Å². The molecule has 0 bridgehead atoms. The molecule has 5 nitrogen and oxygen atoms in total. The minimum Gasteiger partial charge on any atom is -0.361 e. The van der Waals surface area contributed by atoms with Gasteiger partial charge in [-0.15, -0.1) is 0 Å². The molecule has 1 aromatic carbocycles. The number of nitrogens with one attached hydrogen (secondary N) is 1. The maximum atomic E-state index is 12.5. The van der Waals surface area contributed by atoms with Crippen LogP contribution in [0.4, 0.5) is 11.5 Å². The van der Waals surface area contributed by atoms with E-state index in [4.69, 9.17) is 0 Å². The van der Waals surface area contributed by atoms with Crippen LogP contribution in [-0.2, 0) is 10.0 Å². The van der Waals surface area contributed by atoms with E-state index in [2.05, 4.69) is 25.6 Å². The van der Waals surface area contributed by atoms with Crippen LogP contribution in [0.3, 0.4) is 0 Å². The summed E-state index contributed by atoms with van der Waals surface area (Å²) < 4.78 is 28.2. The maximum absolute atomic E-state index is 12.5. The van der Waals surface area contributed by atoms with Crippen molar-refractivity contribution in [3.8, 4) is 0 Å². The first-order valence-electron chi connectivity index (χ1n) is 6.22. The first-order chi connectivity index (χ1) is 9.81. The summed E-state index contributed by atoms with van der Waals surface area (Å²) in [6, 6.07) is 8.48. The minimum absolute atomic E-state index is 0.196. The summed E-state index contributed by atoms with van der Waals surface area (Å²) in [7, 11) is -0.0654. The van der Waals surface area contributed by atoms with Gasteiger partial charge >= 0.3 is 0 Å². The molecule has 7 heteroatoms. The van der Waals surface area contributed by atoms with Gasteiger partial charge in [0.25, 0.3) is 10.0 Å². The highest BCUT2D eigenvalue weighted by atomic mass is 79.9. The SMILES string of the molecule is Cc1ccc(S(=O)(=O)Nc2cccnc2N(C)C)c(Br)c1. The summed E-state index contributed by atoms with van der Waals surface area (Å²) >= 11 is 3.30. The van der Waals surface area contributed by atoms with Crippen LogP contribution in [0.1, 0.15) is 5.56 Å². The molecule has 0 amide bonds. The lowest BCUT2D eigenvalue weighted by molar-refractivity contribution is 0.600. The molecular formula is C14H16BrN3O2S. The monoisotopic (exact) mass is 369 g/mol. The van der Waals surface area contributed by atoms with Crippen molar-refractivity contribution in [3.05, 3.63) is 46.6 Å². The third kappa shape index (κ3) is 3.54. The molecule has 0 unspecified atom stereocenters. The van der Waals surface area contributed by atoms with Gasteiger partial charge in [-0.25, -0.2) is 13.4 Å². The summed E-state index contributed by atoms with van der Waals surface area (Å²) in [5, 5.41) is 0. The third-order valence-corrected chi connectivity index (χ3v) is 5.17. The lowest BCUT2D eigenvalue weighted by Gasteiger charge is -2.17. The van der Waals surface area contributed by atoms with E-state index >= 15 is 0 Å². The Morgan fingerprint density at radius 1 is 1.24 bits per heavy atom. The molecule has 2 aromatic rings. The summed E-state index contributed by atoms with van der Waals surface area (Å²) in [6.45, 7) is 1.90. The number of halogens is 1. The fourth-order valence-corrected chi connectivity index (χ4v) is 4.11. The summed E-state index contributed by atoms with van der Waals surface area (Å²) in [5.74, 6) is 0.560. The maximum Gasteiger partial charge on any atom is 0.263 e. The van der Waals surface area contributed by atoms with Crippen LogP contribution in [-0.4, -0.2) is 27.5 Å². The molecule has 0 saturated heterocycles. The summed E-state index contributed by atoms with van der Waals surface area (Å²) in [5.41, 5.74) is 1.42. The largest absolute Gasteiger partial charge is 0.361 e. The molecule has 0 aliphatic carbocycles. The molecule has 21 heavy (non-hydrogen) atoms. The zero-order valence-corrected chi connectivity index (χ0v) is 14.4. The number of pyridine rings is 1. The lowest BCUT2D eigenvalue weighted by Crippen LogP contribution is -2.18. The van der Waals surface area contributed by atoms with Gasteiger partial charge < -0.3 is 4.90 Å². The summed E-state index contributed by atoms with van der Waals surface area (Å²) in [4.78, 5) is 6.13. The second-order valence-corrected chi connectivity index (χ2v) is 7.31. The van der Waals surface area contributed by atoms with Gasteiger partial charge in [0.05, 0.1) is 5.69 Å². The van der Waals surface area contributed by atoms with E-state index in [0.29, 0.717) is 16.0 Å². The highest BCUT2D eigenvalue weighted by Gasteiger charge is 2.19. The Labute approximate surface area is 133 Å². The van der Waals surface area contributed by atoms with Gasteiger partial charge in [0.2, 0.25) is 0 Å². The third-order valence-electron chi connectivity index (χ3n) is 2.83. The van der Waals surface area contributed by atoms with E-state index in [9.17, 15) is 8.42 Å². The highest BCUT2D eigenvalue weighted by molar-refractivity contribution is 9.10. The first-order valence-corrected chi connectivity index (χ1v) is 8.50. The first kappa shape index (κ1) is 15.8. The molecule has 1 aromatic heterocycles. The van der Waals surface area contributed by atoms with Crippen LogP contribution < -0.4 is 9.62 Å². The zero-order chi connectivity index (χ0) is 15.6. The average Bonchev–Trinajstić information content (AvgIpc) is 2.37. The molecule has 0 spiro atoms. The predicted molar refractivity (Wildman–Crippen MR) is 88.3 cm³/mol. The number of rotatable bonds is 4. The Hall–Kier alpha value is -1.60. The molecule has 0 radical (unpaired) electrons. The van der Waals surface area contributed by atoms with Crippen molar-refractivity contribution in [3.63, 3.8) is 0 Å². The van der Waals surface area contributed by atoms with Crippen molar-refractivity contribution in [2.75, 3.05) is 23.7 Å². The number of sulfonamides is 1. The van der Waals surface area contributed by atoms with Crippen LogP contribution >= 0.6 is 15.9 Å². The quantitative estimate of drug-likeness (QED) is 0.899.